The van der Waals surface area contributed by atoms with Crippen LogP contribution in [0.4, 0.5) is 0 Å². The van der Waals surface area contributed by atoms with E-state index < -0.39 is 0 Å². The van der Waals surface area contributed by atoms with Gasteiger partial charge in [0.15, 0.2) is 5.96 Å². The summed E-state index contributed by atoms with van der Waals surface area (Å²) in [5.74, 6) is 0.938. The molecule has 0 aromatic heterocycles. The zero-order valence-electron chi connectivity index (χ0n) is 16.5. The molecule has 0 aromatic carbocycles. The molecule has 6 heteroatoms. The fourth-order valence-electron chi connectivity index (χ4n) is 3.09. The van der Waals surface area contributed by atoms with Crippen molar-refractivity contribution in [3.05, 3.63) is 0 Å². The third kappa shape index (κ3) is 9.42. The van der Waals surface area contributed by atoms with Gasteiger partial charge in [-0.05, 0) is 26.8 Å². The Labute approximate surface area is 167 Å². The first-order chi connectivity index (χ1) is 11.1. The summed E-state index contributed by atoms with van der Waals surface area (Å²) in [6, 6.07) is 1.03. The molecule has 1 aliphatic heterocycles. The van der Waals surface area contributed by atoms with Gasteiger partial charge in [-0.25, -0.2) is 0 Å². The molecule has 0 bridgehead atoms. The molecule has 0 aromatic rings. The Kier molecular flexibility index (Phi) is 14.1. The number of piperazine rings is 1. The smallest absolute Gasteiger partial charge is 0.191 e. The summed E-state index contributed by atoms with van der Waals surface area (Å²) in [7, 11) is 1.86. The highest BCUT2D eigenvalue weighted by atomic mass is 127. The number of nitrogens with zero attached hydrogens (tertiary/aromatic N) is 3. The standard InChI is InChI=1S/C18H39N5.HI/c1-6-8-9-10-16(3)21-18(19-5)20-15-17(4)23-13-11-22(7-2)12-14-23;/h16-17H,6-15H2,1-5H3,(H2,19,20,21);1H. The minimum Gasteiger partial charge on any atom is -0.355 e. The van der Waals surface area contributed by atoms with Crippen molar-refractivity contribution in [2.75, 3.05) is 46.3 Å². The predicted molar refractivity (Wildman–Crippen MR) is 117 cm³/mol. The number of halogens is 1. The van der Waals surface area contributed by atoms with Crippen LogP contribution in [0.5, 0.6) is 0 Å². The number of nitrogens with one attached hydrogen (secondary N) is 2. The lowest BCUT2D eigenvalue weighted by Gasteiger charge is -2.37. The summed E-state index contributed by atoms with van der Waals surface area (Å²) < 4.78 is 0. The first kappa shape index (κ1) is 23.9. The van der Waals surface area contributed by atoms with Crippen molar-refractivity contribution in [3.8, 4) is 0 Å². The average molecular weight is 453 g/mol. The average Bonchev–Trinajstić information content (AvgIpc) is 2.58. The highest BCUT2D eigenvalue weighted by Gasteiger charge is 2.20. The van der Waals surface area contributed by atoms with Crippen LogP contribution in [-0.2, 0) is 0 Å². The Morgan fingerprint density at radius 2 is 1.75 bits per heavy atom. The number of unbranched alkanes of at least 4 members (excludes halogenated alkanes) is 2. The van der Waals surface area contributed by atoms with Gasteiger partial charge in [0.25, 0.3) is 0 Å². The third-order valence-corrected chi connectivity index (χ3v) is 4.89. The number of hydrogen-bond acceptors (Lipinski definition) is 3. The van der Waals surface area contributed by atoms with E-state index in [4.69, 9.17) is 0 Å². The normalized spacial score (nSPS) is 19.5. The number of guanidine groups is 1. The molecule has 144 valence electrons. The molecule has 0 radical (unpaired) electrons. The predicted octanol–water partition coefficient (Wildman–Crippen LogP) is 2.76. The van der Waals surface area contributed by atoms with Gasteiger partial charge in [0.05, 0.1) is 0 Å². The first-order valence-electron chi connectivity index (χ1n) is 9.54. The van der Waals surface area contributed by atoms with Crippen LogP contribution in [-0.4, -0.2) is 74.2 Å². The molecule has 5 nitrogen and oxygen atoms in total. The van der Waals surface area contributed by atoms with E-state index in [0.717, 1.165) is 12.5 Å². The van der Waals surface area contributed by atoms with Gasteiger partial charge in [0.1, 0.15) is 0 Å². The zero-order chi connectivity index (χ0) is 17.1. The van der Waals surface area contributed by atoms with Crippen LogP contribution >= 0.6 is 24.0 Å². The first-order valence-corrected chi connectivity index (χ1v) is 9.54. The van der Waals surface area contributed by atoms with Gasteiger partial charge in [-0.2, -0.15) is 0 Å². The van der Waals surface area contributed by atoms with Crippen LogP contribution in [0.2, 0.25) is 0 Å². The summed E-state index contributed by atoms with van der Waals surface area (Å²) >= 11 is 0. The highest BCUT2D eigenvalue weighted by Crippen LogP contribution is 2.06. The minimum absolute atomic E-state index is 0. The molecule has 1 saturated heterocycles. The van der Waals surface area contributed by atoms with Crippen molar-refractivity contribution in [2.45, 2.75) is 65.5 Å². The van der Waals surface area contributed by atoms with Gasteiger partial charge in [-0.15, -0.1) is 24.0 Å². The molecule has 24 heavy (non-hydrogen) atoms. The van der Waals surface area contributed by atoms with Crippen LogP contribution in [0, 0.1) is 0 Å². The zero-order valence-corrected chi connectivity index (χ0v) is 18.8. The van der Waals surface area contributed by atoms with Crippen LogP contribution in [0.25, 0.3) is 0 Å². The monoisotopic (exact) mass is 453 g/mol. The van der Waals surface area contributed by atoms with E-state index in [1.54, 1.807) is 0 Å². The fourth-order valence-corrected chi connectivity index (χ4v) is 3.09. The maximum atomic E-state index is 4.37. The van der Waals surface area contributed by atoms with Crippen molar-refractivity contribution < 1.29 is 0 Å². The number of hydrogen-bond donors (Lipinski definition) is 2. The lowest BCUT2D eigenvalue weighted by molar-refractivity contribution is 0.107. The Balaban J connectivity index is 0.00000529. The molecule has 0 aliphatic carbocycles. The van der Waals surface area contributed by atoms with Gasteiger partial charge >= 0.3 is 0 Å². The van der Waals surface area contributed by atoms with Gasteiger partial charge in [0, 0.05) is 51.9 Å². The Hall–Kier alpha value is -0.0800. The van der Waals surface area contributed by atoms with Crippen molar-refractivity contribution in [1.29, 1.82) is 0 Å². The summed E-state index contributed by atoms with van der Waals surface area (Å²) in [4.78, 5) is 9.47. The molecule has 0 amide bonds. The van der Waals surface area contributed by atoms with Crippen molar-refractivity contribution in [1.82, 2.24) is 20.4 Å². The van der Waals surface area contributed by atoms with Crippen LogP contribution in [0.3, 0.4) is 0 Å². The second-order valence-corrected chi connectivity index (χ2v) is 6.81. The molecule has 0 saturated carbocycles. The number of likely N-dealkylation sites (N-methyl/N-ethyl adjacent to an activating group) is 1. The largest absolute Gasteiger partial charge is 0.355 e. The quantitative estimate of drug-likeness (QED) is 0.244. The summed E-state index contributed by atoms with van der Waals surface area (Å²) in [6.07, 6.45) is 5.10. The van der Waals surface area contributed by atoms with Crippen molar-refractivity contribution in [2.24, 2.45) is 4.99 Å². The van der Waals surface area contributed by atoms with E-state index in [1.807, 2.05) is 7.05 Å². The van der Waals surface area contributed by atoms with E-state index in [2.05, 4.69) is 53.1 Å². The minimum atomic E-state index is 0. The summed E-state index contributed by atoms with van der Waals surface area (Å²) in [5, 5.41) is 7.01. The molecule has 2 unspecified atom stereocenters. The van der Waals surface area contributed by atoms with Gasteiger partial charge in [-0.1, -0.05) is 33.1 Å². The van der Waals surface area contributed by atoms with E-state index >= 15 is 0 Å². The Morgan fingerprint density at radius 3 is 2.29 bits per heavy atom. The third-order valence-electron chi connectivity index (χ3n) is 4.89. The van der Waals surface area contributed by atoms with Gasteiger partial charge < -0.3 is 15.5 Å². The summed E-state index contributed by atoms with van der Waals surface area (Å²) in [6.45, 7) is 15.9. The lowest BCUT2D eigenvalue weighted by Crippen LogP contribution is -2.53. The second kappa shape index (κ2) is 14.1. The molecule has 1 rings (SSSR count). The topological polar surface area (TPSA) is 42.9 Å². The van der Waals surface area contributed by atoms with Crippen LogP contribution in [0.1, 0.15) is 53.4 Å². The Bertz CT molecular complexity index is 329. The van der Waals surface area contributed by atoms with E-state index in [9.17, 15) is 0 Å². The molecule has 2 atom stereocenters. The lowest BCUT2D eigenvalue weighted by atomic mass is 10.1. The van der Waals surface area contributed by atoms with Gasteiger partial charge in [-0.3, -0.25) is 9.89 Å². The maximum absolute atomic E-state index is 4.37. The highest BCUT2D eigenvalue weighted by molar-refractivity contribution is 14.0. The molecule has 1 heterocycles. The van der Waals surface area contributed by atoms with E-state index in [-0.39, 0.29) is 24.0 Å². The summed E-state index contributed by atoms with van der Waals surface area (Å²) in [5.41, 5.74) is 0. The van der Waals surface area contributed by atoms with E-state index in [1.165, 1.54) is 58.4 Å². The van der Waals surface area contributed by atoms with Crippen LogP contribution in [0.15, 0.2) is 4.99 Å². The molecular formula is C18H40IN5. The molecule has 1 aliphatic rings. The molecule has 1 fully saturated rings. The van der Waals surface area contributed by atoms with E-state index in [0.29, 0.717) is 12.1 Å². The van der Waals surface area contributed by atoms with Crippen molar-refractivity contribution in [3.63, 3.8) is 0 Å². The SMILES string of the molecule is CCCCCC(C)NC(=NC)NCC(C)N1CCN(CC)CC1.I. The van der Waals surface area contributed by atoms with Gasteiger partial charge in [0.2, 0.25) is 0 Å². The molecule has 2 N–H and O–H groups in total. The Morgan fingerprint density at radius 1 is 1.08 bits per heavy atom. The maximum Gasteiger partial charge on any atom is 0.191 e. The number of rotatable bonds is 9. The molecule has 0 spiro atoms. The number of aliphatic imine (C=N–C) groups is 1. The second-order valence-electron chi connectivity index (χ2n) is 6.81. The fraction of sp³-hybridized carbons (Fsp3) is 0.944. The molecular weight excluding hydrogens is 413 g/mol. The van der Waals surface area contributed by atoms with Crippen LogP contribution < -0.4 is 10.6 Å². The van der Waals surface area contributed by atoms with Crippen molar-refractivity contribution >= 4 is 29.9 Å².